The summed E-state index contributed by atoms with van der Waals surface area (Å²) < 4.78 is 24.2. The van der Waals surface area contributed by atoms with Crippen LogP contribution in [0.5, 0.6) is 11.5 Å². The fraction of sp³-hybridized carbons (Fsp3) is 0.222. The number of amides is 2. The Hall–Kier alpha value is -3.09. The molecule has 0 saturated heterocycles. The summed E-state index contributed by atoms with van der Waals surface area (Å²) in [6.45, 7) is -0.208. The van der Waals surface area contributed by atoms with Gasteiger partial charge >= 0.3 is 0 Å². The summed E-state index contributed by atoms with van der Waals surface area (Å²) >= 11 is 0. The largest absolute Gasteiger partial charge is 0.484 e. The normalized spacial score (nSPS) is 15.8. The molecule has 0 bridgehead atoms. The Morgan fingerprint density at radius 3 is 2.84 bits per heavy atom. The van der Waals surface area contributed by atoms with Crippen molar-refractivity contribution in [1.29, 1.82) is 0 Å². The van der Waals surface area contributed by atoms with Gasteiger partial charge in [-0.1, -0.05) is 18.2 Å². The van der Waals surface area contributed by atoms with Gasteiger partial charge in [0.1, 0.15) is 17.3 Å². The third-order valence-corrected chi connectivity index (χ3v) is 3.77. The molecular weight excluding hydrogens is 327 g/mol. The fourth-order valence-electron chi connectivity index (χ4n) is 2.55. The second kappa shape index (κ2) is 7.21. The van der Waals surface area contributed by atoms with Crippen molar-refractivity contribution in [2.45, 2.75) is 6.10 Å². The fourth-order valence-corrected chi connectivity index (χ4v) is 2.55. The Labute approximate surface area is 144 Å². The summed E-state index contributed by atoms with van der Waals surface area (Å²) in [6, 6.07) is 12.5. The van der Waals surface area contributed by atoms with Crippen LogP contribution in [0.25, 0.3) is 0 Å². The van der Waals surface area contributed by atoms with Gasteiger partial charge in [0.2, 0.25) is 0 Å². The van der Waals surface area contributed by atoms with Gasteiger partial charge in [-0.2, -0.15) is 0 Å². The zero-order valence-corrected chi connectivity index (χ0v) is 13.6. The van der Waals surface area contributed by atoms with E-state index >= 15 is 0 Å². The molecule has 0 aliphatic carbocycles. The standard InChI is InChI=1S/C18H17FN2O4/c1-20-18(23)16-10-21(14-7-2-3-8-15(14)25-16)17(22)11-24-13-6-4-5-12(19)9-13/h2-9,16H,10-11H2,1H3,(H,20,23). The number of ether oxygens (including phenoxy) is 2. The molecule has 0 spiro atoms. The zero-order valence-electron chi connectivity index (χ0n) is 13.6. The number of likely N-dealkylation sites (N-methyl/N-ethyl adjacent to an activating group) is 1. The van der Waals surface area contributed by atoms with Gasteiger partial charge in [0.15, 0.2) is 12.7 Å². The van der Waals surface area contributed by atoms with E-state index in [4.69, 9.17) is 9.47 Å². The summed E-state index contributed by atoms with van der Waals surface area (Å²) in [7, 11) is 1.51. The van der Waals surface area contributed by atoms with Crippen LogP contribution in [0.2, 0.25) is 0 Å². The van der Waals surface area contributed by atoms with Crippen molar-refractivity contribution in [2.24, 2.45) is 0 Å². The lowest BCUT2D eigenvalue weighted by atomic mass is 10.1. The first-order valence-electron chi connectivity index (χ1n) is 7.74. The number of carbonyl (C=O) groups excluding carboxylic acids is 2. The number of nitrogens with one attached hydrogen (secondary N) is 1. The van der Waals surface area contributed by atoms with Crippen LogP contribution in [0.3, 0.4) is 0 Å². The highest BCUT2D eigenvalue weighted by atomic mass is 19.1. The number of hydrogen-bond acceptors (Lipinski definition) is 4. The van der Waals surface area contributed by atoms with E-state index in [2.05, 4.69) is 5.32 Å². The van der Waals surface area contributed by atoms with Gasteiger partial charge in [0.05, 0.1) is 12.2 Å². The third-order valence-electron chi connectivity index (χ3n) is 3.77. The van der Waals surface area contributed by atoms with Crippen LogP contribution < -0.4 is 19.7 Å². The third kappa shape index (κ3) is 3.71. The molecule has 2 aromatic rings. The molecule has 7 heteroatoms. The van der Waals surface area contributed by atoms with E-state index < -0.39 is 11.9 Å². The van der Waals surface area contributed by atoms with E-state index in [1.807, 2.05) is 0 Å². The van der Waals surface area contributed by atoms with Gasteiger partial charge in [-0.25, -0.2) is 4.39 Å². The molecule has 6 nitrogen and oxygen atoms in total. The summed E-state index contributed by atoms with van der Waals surface area (Å²) in [5.41, 5.74) is 0.565. The van der Waals surface area contributed by atoms with Crippen molar-refractivity contribution in [3.05, 3.63) is 54.3 Å². The molecule has 0 aromatic heterocycles. The second-order valence-corrected chi connectivity index (χ2v) is 5.44. The molecule has 0 saturated carbocycles. The molecule has 2 aromatic carbocycles. The summed E-state index contributed by atoms with van der Waals surface area (Å²) in [5, 5.41) is 2.51. The maximum atomic E-state index is 13.2. The average molecular weight is 344 g/mol. The minimum atomic E-state index is -0.807. The van der Waals surface area contributed by atoms with E-state index in [0.29, 0.717) is 11.4 Å². The predicted octanol–water partition coefficient (Wildman–Crippen LogP) is 1.74. The lowest BCUT2D eigenvalue weighted by Gasteiger charge is -2.33. The molecule has 3 rings (SSSR count). The van der Waals surface area contributed by atoms with Crippen molar-refractivity contribution >= 4 is 17.5 Å². The second-order valence-electron chi connectivity index (χ2n) is 5.44. The number of rotatable bonds is 4. The molecule has 0 radical (unpaired) electrons. The number of nitrogens with zero attached hydrogens (tertiary/aromatic N) is 1. The first-order chi connectivity index (χ1) is 12.1. The predicted molar refractivity (Wildman–Crippen MR) is 89.2 cm³/mol. The summed E-state index contributed by atoms with van der Waals surface area (Å²) in [5.74, 6) is -0.409. The van der Waals surface area contributed by atoms with Crippen LogP contribution >= 0.6 is 0 Å². The highest BCUT2D eigenvalue weighted by Crippen LogP contribution is 2.33. The highest BCUT2D eigenvalue weighted by molar-refractivity contribution is 5.98. The quantitative estimate of drug-likeness (QED) is 0.917. The molecule has 1 aliphatic rings. The zero-order chi connectivity index (χ0) is 17.8. The number of fused-ring (bicyclic) bond motifs is 1. The number of para-hydroxylation sites is 2. The molecule has 1 heterocycles. The monoisotopic (exact) mass is 344 g/mol. The Morgan fingerprint density at radius 2 is 2.08 bits per heavy atom. The number of hydrogen-bond donors (Lipinski definition) is 1. The molecule has 1 aliphatic heterocycles. The van der Waals surface area contributed by atoms with Crippen molar-refractivity contribution in [2.75, 3.05) is 25.1 Å². The van der Waals surface area contributed by atoms with Crippen LogP contribution in [-0.4, -0.2) is 38.1 Å². The Morgan fingerprint density at radius 1 is 1.28 bits per heavy atom. The topological polar surface area (TPSA) is 67.9 Å². The van der Waals surface area contributed by atoms with Crippen LogP contribution in [0.1, 0.15) is 0 Å². The van der Waals surface area contributed by atoms with Gasteiger partial charge in [0, 0.05) is 13.1 Å². The number of halogens is 1. The van der Waals surface area contributed by atoms with Gasteiger partial charge in [-0.3, -0.25) is 9.59 Å². The van der Waals surface area contributed by atoms with Gasteiger partial charge in [-0.05, 0) is 24.3 Å². The van der Waals surface area contributed by atoms with Crippen LogP contribution in [0.4, 0.5) is 10.1 Å². The number of carbonyl (C=O) groups is 2. The van der Waals surface area contributed by atoms with Gasteiger partial charge < -0.3 is 19.7 Å². The van der Waals surface area contributed by atoms with Crippen LogP contribution in [0, 0.1) is 5.82 Å². The summed E-state index contributed by atoms with van der Waals surface area (Å²) in [6.07, 6.45) is -0.807. The van der Waals surface area contributed by atoms with E-state index in [9.17, 15) is 14.0 Å². The van der Waals surface area contributed by atoms with Crippen LogP contribution in [0.15, 0.2) is 48.5 Å². The maximum absolute atomic E-state index is 13.2. The van der Waals surface area contributed by atoms with Crippen molar-refractivity contribution in [3.63, 3.8) is 0 Å². The number of anilines is 1. The Balaban J connectivity index is 1.77. The molecule has 25 heavy (non-hydrogen) atoms. The summed E-state index contributed by atoms with van der Waals surface area (Å²) in [4.78, 5) is 26.0. The van der Waals surface area contributed by atoms with Crippen molar-refractivity contribution in [3.8, 4) is 11.5 Å². The molecular formula is C18H17FN2O4. The van der Waals surface area contributed by atoms with Gasteiger partial charge in [-0.15, -0.1) is 0 Å². The minimum Gasteiger partial charge on any atom is -0.484 e. The van der Waals surface area contributed by atoms with Crippen molar-refractivity contribution < 1.29 is 23.5 Å². The van der Waals surface area contributed by atoms with Crippen molar-refractivity contribution in [1.82, 2.24) is 5.32 Å². The minimum absolute atomic E-state index is 0.0715. The molecule has 1 N–H and O–H groups in total. The maximum Gasteiger partial charge on any atom is 0.265 e. The molecule has 1 atom stereocenters. The van der Waals surface area contributed by atoms with Crippen LogP contribution in [-0.2, 0) is 9.59 Å². The smallest absolute Gasteiger partial charge is 0.265 e. The highest BCUT2D eigenvalue weighted by Gasteiger charge is 2.33. The first kappa shape index (κ1) is 16.8. The van der Waals surface area contributed by atoms with E-state index in [-0.39, 0.29) is 30.7 Å². The van der Waals surface area contributed by atoms with E-state index in [0.717, 1.165) is 0 Å². The Bertz CT molecular complexity index is 796. The van der Waals surface area contributed by atoms with E-state index in [1.165, 1.54) is 30.1 Å². The molecule has 130 valence electrons. The number of benzene rings is 2. The first-order valence-corrected chi connectivity index (χ1v) is 7.74. The lowest BCUT2D eigenvalue weighted by molar-refractivity contribution is -0.128. The average Bonchev–Trinajstić information content (AvgIpc) is 2.64. The Kier molecular flexibility index (Phi) is 4.83. The molecule has 0 fully saturated rings. The van der Waals surface area contributed by atoms with Gasteiger partial charge in [0.25, 0.3) is 11.8 Å². The molecule has 1 unspecified atom stereocenters. The SMILES string of the molecule is CNC(=O)C1CN(C(=O)COc2cccc(F)c2)c2ccccc2O1. The molecule has 2 amide bonds. The lowest BCUT2D eigenvalue weighted by Crippen LogP contribution is -2.51. The van der Waals surface area contributed by atoms with E-state index in [1.54, 1.807) is 30.3 Å².